The topological polar surface area (TPSA) is 97.8 Å². The minimum atomic E-state index is -1.71. The SMILES string of the molecule is CC(C)(C)[Si](C)(C)OC[C@H]1CC[C@H](n2cc3cc(NC(=O)n4ccc5cc(C#N)cnc54)ccc3n2)CC1. The van der Waals surface area contributed by atoms with Gasteiger partial charge in [-0.3, -0.25) is 9.25 Å². The van der Waals surface area contributed by atoms with E-state index in [-0.39, 0.29) is 11.1 Å². The lowest BCUT2D eigenvalue weighted by atomic mass is 9.87. The zero-order chi connectivity index (χ0) is 27.1. The summed E-state index contributed by atoms with van der Waals surface area (Å²) < 4.78 is 10.1. The molecular weight excluding hydrogens is 492 g/mol. The van der Waals surface area contributed by atoms with Gasteiger partial charge in [-0.25, -0.2) is 9.78 Å². The van der Waals surface area contributed by atoms with Crippen LogP contribution in [0.2, 0.25) is 18.1 Å². The average Bonchev–Trinajstić information content (AvgIpc) is 3.50. The van der Waals surface area contributed by atoms with E-state index < -0.39 is 8.32 Å². The first-order chi connectivity index (χ1) is 18.0. The van der Waals surface area contributed by atoms with Crippen molar-refractivity contribution in [3.63, 3.8) is 0 Å². The summed E-state index contributed by atoms with van der Waals surface area (Å²) in [5.41, 5.74) is 2.60. The van der Waals surface area contributed by atoms with Crippen molar-refractivity contribution in [3.05, 3.63) is 54.5 Å². The number of pyridine rings is 1. The molecule has 0 saturated heterocycles. The Morgan fingerprint density at radius 2 is 1.92 bits per heavy atom. The van der Waals surface area contributed by atoms with Crippen molar-refractivity contribution in [1.29, 1.82) is 5.26 Å². The minimum Gasteiger partial charge on any atom is -0.417 e. The lowest BCUT2D eigenvalue weighted by molar-refractivity contribution is 0.169. The summed E-state index contributed by atoms with van der Waals surface area (Å²) in [6, 6.07) is 11.4. The number of anilines is 1. The fourth-order valence-electron chi connectivity index (χ4n) is 4.86. The van der Waals surface area contributed by atoms with E-state index in [1.54, 1.807) is 18.3 Å². The third-order valence-electron chi connectivity index (χ3n) is 8.32. The van der Waals surface area contributed by atoms with E-state index in [1.807, 2.05) is 18.2 Å². The number of aromatic nitrogens is 4. The molecule has 3 heterocycles. The molecule has 0 spiro atoms. The van der Waals surface area contributed by atoms with E-state index in [1.165, 1.54) is 10.8 Å². The number of benzene rings is 1. The zero-order valence-corrected chi connectivity index (χ0v) is 23.9. The average molecular weight is 529 g/mol. The molecule has 9 heteroatoms. The Balaban J connectivity index is 1.22. The molecule has 1 aliphatic rings. The van der Waals surface area contributed by atoms with E-state index in [4.69, 9.17) is 14.8 Å². The molecule has 1 fully saturated rings. The number of amides is 1. The van der Waals surface area contributed by atoms with Crippen LogP contribution in [0, 0.1) is 17.2 Å². The molecule has 0 unspecified atom stereocenters. The maximum atomic E-state index is 13.0. The predicted octanol–water partition coefficient (Wildman–Crippen LogP) is 7.09. The van der Waals surface area contributed by atoms with Crippen LogP contribution in [0.15, 0.2) is 48.9 Å². The van der Waals surface area contributed by atoms with Crippen molar-refractivity contribution in [1.82, 2.24) is 19.3 Å². The number of carbonyl (C=O) groups is 1. The summed E-state index contributed by atoms with van der Waals surface area (Å²) >= 11 is 0. The molecule has 198 valence electrons. The highest BCUT2D eigenvalue weighted by Crippen LogP contribution is 2.39. The normalized spacial score (nSPS) is 18.5. The Morgan fingerprint density at radius 3 is 2.63 bits per heavy atom. The Bertz CT molecular complexity index is 1520. The Kier molecular flexibility index (Phi) is 6.88. The van der Waals surface area contributed by atoms with Crippen LogP contribution in [0.1, 0.15) is 58.1 Å². The molecule has 0 aliphatic heterocycles. The van der Waals surface area contributed by atoms with Crippen LogP contribution in [0.25, 0.3) is 21.9 Å². The first-order valence-corrected chi connectivity index (χ1v) is 16.3. The molecule has 5 rings (SSSR count). The fraction of sp³-hybridized carbons (Fsp3) is 0.448. The Morgan fingerprint density at radius 1 is 1.16 bits per heavy atom. The molecule has 1 aromatic carbocycles. The second-order valence-corrected chi connectivity index (χ2v) is 16.8. The monoisotopic (exact) mass is 528 g/mol. The maximum Gasteiger partial charge on any atom is 0.331 e. The lowest BCUT2D eigenvalue weighted by Crippen LogP contribution is -2.42. The molecule has 4 aromatic rings. The second kappa shape index (κ2) is 10.0. The van der Waals surface area contributed by atoms with Gasteiger partial charge in [-0.2, -0.15) is 10.4 Å². The summed E-state index contributed by atoms with van der Waals surface area (Å²) in [5.74, 6) is 0.623. The molecule has 38 heavy (non-hydrogen) atoms. The van der Waals surface area contributed by atoms with Crippen LogP contribution in [0.5, 0.6) is 0 Å². The van der Waals surface area contributed by atoms with Crippen molar-refractivity contribution >= 4 is 42.0 Å². The van der Waals surface area contributed by atoms with Crippen LogP contribution in [0.3, 0.4) is 0 Å². The van der Waals surface area contributed by atoms with Gasteiger partial charge in [0.15, 0.2) is 8.32 Å². The minimum absolute atomic E-state index is 0.242. The number of hydrogen-bond acceptors (Lipinski definition) is 5. The molecule has 8 nitrogen and oxygen atoms in total. The summed E-state index contributed by atoms with van der Waals surface area (Å²) in [5, 5.41) is 18.9. The van der Waals surface area contributed by atoms with Crippen molar-refractivity contribution in [3.8, 4) is 6.07 Å². The zero-order valence-electron chi connectivity index (χ0n) is 22.9. The van der Waals surface area contributed by atoms with E-state index >= 15 is 0 Å². The predicted molar refractivity (Wildman–Crippen MR) is 153 cm³/mol. The van der Waals surface area contributed by atoms with Gasteiger partial charge >= 0.3 is 6.03 Å². The standard InChI is InChI=1S/C29H36N6O2Si/c1-29(2,3)38(4,5)37-19-20-6-9-25(10-7-20)35-18-23-15-24(8-11-26(23)33-35)32-28(36)34-13-12-22-14-21(16-30)17-31-27(22)34/h8,11-15,17-18,20,25H,6-7,9-10,19H2,1-5H3,(H,32,36)/t20-,25-. The summed E-state index contributed by atoms with van der Waals surface area (Å²) in [6.07, 6.45) is 9.75. The Labute approximate surface area is 224 Å². The molecule has 0 bridgehead atoms. The van der Waals surface area contributed by atoms with Crippen LogP contribution < -0.4 is 5.32 Å². The van der Waals surface area contributed by atoms with Crippen molar-refractivity contribution < 1.29 is 9.22 Å². The van der Waals surface area contributed by atoms with E-state index in [0.29, 0.717) is 28.9 Å². The van der Waals surface area contributed by atoms with Gasteiger partial charge in [0.25, 0.3) is 0 Å². The van der Waals surface area contributed by atoms with E-state index in [0.717, 1.165) is 48.6 Å². The molecular formula is C29H36N6O2Si. The number of carbonyl (C=O) groups excluding carboxylic acids is 1. The van der Waals surface area contributed by atoms with Crippen molar-refractivity contribution in [2.45, 2.75) is 70.6 Å². The first-order valence-electron chi connectivity index (χ1n) is 13.4. The molecule has 3 aromatic heterocycles. The number of nitriles is 1. The molecule has 0 atom stereocenters. The van der Waals surface area contributed by atoms with Gasteiger partial charge in [0, 0.05) is 41.7 Å². The highest BCUT2D eigenvalue weighted by molar-refractivity contribution is 6.74. The first kappa shape index (κ1) is 26.1. The molecule has 1 amide bonds. The number of hydrogen-bond donors (Lipinski definition) is 1. The van der Waals surface area contributed by atoms with Gasteiger partial charge < -0.3 is 9.74 Å². The van der Waals surface area contributed by atoms with Crippen LogP contribution in [-0.4, -0.2) is 40.3 Å². The van der Waals surface area contributed by atoms with Crippen molar-refractivity contribution in [2.75, 3.05) is 11.9 Å². The lowest BCUT2D eigenvalue weighted by Gasteiger charge is -2.38. The molecule has 0 radical (unpaired) electrons. The van der Waals surface area contributed by atoms with Gasteiger partial charge in [0.1, 0.15) is 11.7 Å². The third kappa shape index (κ3) is 5.24. The van der Waals surface area contributed by atoms with Crippen LogP contribution in [0.4, 0.5) is 10.5 Å². The van der Waals surface area contributed by atoms with E-state index in [2.05, 4.69) is 61.1 Å². The summed E-state index contributed by atoms with van der Waals surface area (Å²) in [6.45, 7) is 12.4. The summed E-state index contributed by atoms with van der Waals surface area (Å²) in [7, 11) is -1.71. The van der Waals surface area contributed by atoms with Crippen LogP contribution in [-0.2, 0) is 4.43 Å². The molecule has 1 N–H and O–H groups in total. The molecule has 1 saturated carbocycles. The van der Waals surface area contributed by atoms with Gasteiger partial charge in [-0.15, -0.1) is 0 Å². The highest BCUT2D eigenvalue weighted by atomic mass is 28.4. The van der Waals surface area contributed by atoms with Gasteiger partial charge in [-0.05, 0) is 80.1 Å². The Hall–Kier alpha value is -3.48. The summed E-state index contributed by atoms with van der Waals surface area (Å²) in [4.78, 5) is 17.2. The third-order valence-corrected chi connectivity index (χ3v) is 12.8. The van der Waals surface area contributed by atoms with Gasteiger partial charge in [0.2, 0.25) is 0 Å². The number of rotatable bonds is 5. The number of nitrogens with one attached hydrogen (secondary N) is 1. The fourth-order valence-corrected chi connectivity index (χ4v) is 5.95. The van der Waals surface area contributed by atoms with Gasteiger partial charge in [0.05, 0.1) is 17.1 Å². The van der Waals surface area contributed by atoms with Crippen molar-refractivity contribution in [2.24, 2.45) is 5.92 Å². The maximum absolute atomic E-state index is 13.0. The molecule has 1 aliphatic carbocycles. The number of fused-ring (bicyclic) bond motifs is 2. The quantitative estimate of drug-likeness (QED) is 0.279. The largest absolute Gasteiger partial charge is 0.417 e. The number of nitrogens with zero attached hydrogens (tertiary/aromatic N) is 5. The van der Waals surface area contributed by atoms with Crippen LogP contribution >= 0.6 is 0 Å². The smallest absolute Gasteiger partial charge is 0.331 e. The van der Waals surface area contributed by atoms with Gasteiger partial charge in [-0.1, -0.05) is 20.8 Å². The highest BCUT2D eigenvalue weighted by Gasteiger charge is 2.38. The second-order valence-electron chi connectivity index (χ2n) is 12.0. The van der Waals surface area contributed by atoms with E-state index in [9.17, 15) is 4.79 Å².